The van der Waals surface area contributed by atoms with Gasteiger partial charge < -0.3 is 9.64 Å². The number of hydrogen-bond acceptors (Lipinski definition) is 2. The summed E-state index contributed by atoms with van der Waals surface area (Å²) in [4.78, 5) is 14.4. The predicted octanol–water partition coefficient (Wildman–Crippen LogP) is 4.21. The summed E-state index contributed by atoms with van der Waals surface area (Å²) in [5.41, 5.74) is 1.80. The lowest BCUT2D eigenvalue weighted by Crippen LogP contribution is -2.28. The van der Waals surface area contributed by atoms with Gasteiger partial charge in [0, 0.05) is 12.6 Å². The van der Waals surface area contributed by atoms with Crippen molar-refractivity contribution in [2.24, 2.45) is 0 Å². The molecule has 3 rings (SSSR count). The van der Waals surface area contributed by atoms with E-state index in [1.165, 1.54) is 18.2 Å². The Bertz CT molecular complexity index is 740. The minimum Gasteiger partial charge on any atom is -0.497 e. The maximum atomic E-state index is 13.2. The Morgan fingerprint density at radius 3 is 2.75 bits per heavy atom. The van der Waals surface area contributed by atoms with Crippen molar-refractivity contribution in [3.8, 4) is 5.75 Å². The normalized spacial score (nSPS) is 17.4. The zero-order valence-corrected chi connectivity index (χ0v) is 13.6. The monoisotopic (exact) mass is 325 g/mol. The molecule has 1 heterocycles. The van der Waals surface area contributed by atoms with Gasteiger partial charge in [0.15, 0.2) is 0 Å². The van der Waals surface area contributed by atoms with Gasteiger partial charge in [0.25, 0.3) is 0 Å². The van der Waals surface area contributed by atoms with Gasteiger partial charge in [-0.15, -0.1) is 0 Å². The Labute approximate surface area is 141 Å². The number of carbonyl (C=O) groups is 1. The van der Waals surface area contributed by atoms with Crippen LogP contribution >= 0.6 is 0 Å². The van der Waals surface area contributed by atoms with Gasteiger partial charge in [0.05, 0.1) is 13.2 Å². The quantitative estimate of drug-likeness (QED) is 0.788. The average molecular weight is 325 g/mol. The largest absolute Gasteiger partial charge is 0.497 e. The van der Waals surface area contributed by atoms with Gasteiger partial charge in [-0.25, -0.2) is 4.39 Å². The van der Waals surface area contributed by atoms with E-state index in [0.717, 1.165) is 30.7 Å². The number of methoxy groups -OCH3 is 1. The molecule has 124 valence electrons. The van der Waals surface area contributed by atoms with Crippen molar-refractivity contribution in [3.05, 3.63) is 71.6 Å². The molecule has 1 fully saturated rings. The van der Waals surface area contributed by atoms with Crippen LogP contribution in [0.1, 0.15) is 30.0 Å². The van der Waals surface area contributed by atoms with E-state index in [0.29, 0.717) is 5.56 Å². The average Bonchev–Trinajstić information content (AvgIpc) is 3.09. The van der Waals surface area contributed by atoms with E-state index in [2.05, 4.69) is 0 Å². The Balaban J connectivity index is 1.73. The van der Waals surface area contributed by atoms with Crippen molar-refractivity contribution < 1.29 is 13.9 Å². The lowest BCUT2D eigenvalue weighted by atomic mass is 10.0. The summed E-state index contributed by atoms with van der Waals surface area (Å²) in [5, 5.41) is 0. The second-order valence-electron chi connectivity index (χ2n) is 5.85. The molecule has 1 aliphatic rings. The third kappa shape index (κ3) is 3.65. The predicted molar refractivity (Wildman–Crippen MR) is 92.1 cm³/mol. The molecule has 0 bridgehead atoms. The van der Waals surface area contributed by atoms with Gasteiger partial charge in [-0.05, 0) is 54.3 Å². The third-order valence-electron chi connectivity index (χ3n) is 4.30. The third-order valence-corrected chi connectivity index (χ3v) is 4.30. The molecular formula is C20H20FNO2. The number of nitrogens with zero attached hydrogens (tertiary/aromatic N) is 1. The lowest BCUT2D eigenvalue weighted by Gasteiger charge is -2.24. The van der Waals surface area contributed by atoms with Crippen molar-refractivity contribution in [1.82, 2.24) is 4.90 Å². The molecule has 1 atom stereocenters. The fourth-order valence-electron chi connectivity index (χ4n) is 3.08. The molecule has 1 saturated heterocycles. The van der Waals surface area contributed by atoms with E-state index in [9.17, 15) is 9.18 Å². The van der Waals surface area contributed by atoms with Crippen LogP contribution in [0.3, 0.4) is 0 Å². The van der Waals surface area contributed by atoms with Gasteiger partial charge in [-0.2, -0.15) is 0 Å². The summed E-state index contributed by atoms with van der Waals surface area (Å²) in [7, 11) is 1.64. The second kappa shape index (κ2) is 7.30. The van der Waals surface area contributed by atoms with Crippen molar-refractivity contribution in [2.75, 3.05) is 13.7 Å². The van der Waals surface area contributed by atoms with Crippen LogP contribution in [0.5, 0.6) is 5.75 Å². The Morgan fingerprint density at radius 2 is 2.04 bits per heavy atom. The highest BCUT2D eigenvalue weighted by Gasteiger charge is 2.28. The molecule has 0 aliphatic carbocycles. The van der Waals surface area contributed by atoms with E-state index in [1.54, 1.807) is 25.3 Å². The Kier molecular flexibility index (Phi) is 4.94. The maximum Gasteiger partial charge on any atom is 0.247 e. The van der Waals surface area contributed by atoms with Gasteiger partial charge in [-0.3, -0.25) is 4.79 Å². The fraction of sp³-hybridized carbons (Fsp3) is 0.250. The molecule has 0 unspecified atom stereocenters. The Hall–Kier alpha value is -2.62. The van der Waals surface area contributed by atoms with E-state index in [-0.39, 0.29) is 17.8 Å². The minimum atomic E-state index is -0.304. The smallest absolute Gasteiger partial charge is 0.247 e. The fourth-order valence-corrected chi connectivity index (χ4v) is 3.08. The number of hydrogen-bond donors (Lipinski definition) is 0. The summed E-state index contributed by atoms with van der Waals surface area (Å²) >= 11 is 0. The maximum absolute atomic E-state index is 13.2. The number of carbonyl (C=O) groups excluding carboxylic acids is 1. The van der Waals surface area contributed by atoms with Gasteiger partial charge in [0.1, 0.15) is 11.6 Å². The number of likely N-dealkylation sites (tertiary alicyclic amines) is 1. The van der Waals surface area contributed by atoms with Crippen LogP contribution in [0.2, 0.25) is 0 Å². The first-order valence-corrected chi connectivity index (χ1v) is 8.05. The van der Waals surface area contributed by atoms with E-state index < -0.39 is 0 Å². The summed E-state index contributed by atoms with van der Waals surface area (Å²) in [6, 6.07) is 14.1. The number of benzene rings is 2. The van der Waals surface area contributed by atoms with Crippen molar-refractivity contribution >= 4 is 12.0 Å². The van der Waals surface area contributed by atoms with Crippen LogP contribution in [0.25, 0.3) is 6.08 Å². The van der Waals surface area contributed by atoms with Gasteiger partial charge in [0.2, 0.25) is 5.91 Å². The molecule has 0 radical (unpaired) electrons. The molecule has 0 saturated carbocycles. The van der Waals surface area contributed by atoms with Crippen LogP contribution < -0.4 is 4.74 Å². The molecule has 1 aliphatic heterocycles. The summed E-state index contributed by atoms with van der Waals surface area (Å²) in [6.07, 6.45) is 5.12. The van der Waals surface area contributed by atoms with E-state index in [1.807, 2.05) is 29.2 Å². The summed E-state index contributed by atoms with van der Waals surface area (Å²) < 4.78 is 18.4. The molecular weight excluding hydrogens is 305 g/mol. The number of rotatable bonds is 4. The molecule has 3 nitrogen and oxygen atoms in total. The highest BCUT2D eigenvalue weighted by molar-refractivity contribution is 5.92. The topological polar surface area (TPSA) is 29.5 Å². The molecule has 4 heteroatoms. The van der Waals surface area contributed by atoms with Crippen molar-refractivity contribution in [3.63, 3.8) is 0 Å². The summed E-state index contributed by atoms with van der Waals surface area (Å²) in [6.45, 7) is 0.739. The minimum absolute atomic E-state index is 0.0439. The molecule has 0 N–H and O–H groups in total. The van der Waals surface area contributed by atoms with Crippen molar-refractivity contribution in [1.29, 1.82) is 0 Å². The molecule has 24 heavy (non-hydrogen) atoms. The van der Waals surface area contributed by atoms with Crippen LogP contribution in [-0.4, -0.2) is 24.5 Å². The van der Waals surface area contributed by atoms with Crippen LogP contribution in [0.15, 0.2) is 54.6 Å². The van der Waals surface area contributed by atoms with E-state index >= 15 is 0 Å². The van der Waals surface area contributed by atoms with E-state index in [4.69, 9.17) is 4.74 Å². The first kappa shape index (κ1) is 16.2. The van der Waals surface area contributed by atoms with Crippen molar-refractivity contribution in [2.45, 2.75) is 18.9 Å². The number of amides is 1. The molecule has 2 aromatic carbocycles. The second-order valence-corrected chi connectivity index (χ2v) is 5.85. The van der Waals surface area contributed by atoms with Crippen LogP contribution in [0, 0.1) is 5.82 Å². The molecule has 0 aromatic heterocycles. The standard InChI is InChI=1S/C20H20FNO2/c1-24-18-10-8-16(9-11-18)19-6-3-13-22(19)20(23)12-7-15-4-2-5-17(21)14-15/h2,4-5,7-12,14,19H,3,6,13H2,1H3/b12-7+/t19-/m1/s1. The SMILES string of the molecule is COc1ccc([C@H]2CCCN2C(=O)/C=C/c2cccc(F)c2)cc1. The van der Waals surface area contributed by atoms with Crippen LogP contribution in [0.4, 0.5) is 4.39 Å². The highest BCUT2D eigenvalue weighted by Crippen LogP contribution is 2.33. The number of ether oxygens (including phenoxy) is 1. The van der Waals surface area contributed by atoms with Gasteiger partial charge in [-0.1, -0.05) is 24.3 Å². The first-order chi connectivity index (χ1) is 11.7. The first-order valence-electron chi connectivity index (χ1n) is 8.05. The zero-order chi connectivity index (χ0) is 16.9. The zero-order valence-electron chi connectivity index (χ0n) is 13.6. The number of halogens is 1. The molecule has 2 aromatic rings. The highest BCUT2D eigenvalue weighted by atomic mass is 19.1. The lowest BCUT2D eigenvalue weighted by molar-refractivity contribution is -0.126. The summed E-state index contributed by atoms with van der Waals surface area (Å²) in [5.74, 6) is 0.458. The Morgan fingerprint density at radius 1 is 1.25 bits per heavy atom. The van der Waals surface area contributed by atoms with Gasteiger partial charge >= 0.3 is 0 Å². The molecule has 0 spiro atoms. The van der Waals surface area contributed by atoms with Crippen LogP contribution in [-0.2, 0) is 4.79 Å². The molecule has 1 amide bonds.